The number of aliphatic hydroxyl groups is 1. The summed E-state index contributed by atoms with van der Waals surface area (Å²) >= 11 is 0. The second-order valence-corrected chi connectivity index (χ2v) is 35.6. The second-order valence-electron chi connectivity index (χ2n) is 32.7. The molecule has 106 heavy (non-hydrogen) atoms. The summed E-state index contributed by atoms with van der Waals surface area (Å²) in [6, 6.07) is 0. The average Bonchev–Trinajstić information content (AvgIpc) is 0.900. The molecule has 19 heteroatoms. The minimum atomic E-state index is -4.97. The van der Waals surface area contributed by atoms with Crippen LogP contribution in [0.4, 0.5) is 0 Å². The van der Waals surface area contributed by atoms with Crippen LogP contribution in [0.1, 0.15) is 459 Å². The van der Waals surface area contributed by atoms with Crippen LogP contribution in [0.25, 0.3) is 0 Å². The second kappa shape index (κ2) is 77.0. The van der Waals surface area contributed by atoms with Crippen LogP contribution in [0.2, 0.25) is 0 Å². The Kier molecular flexibility index (Phi) is 75.6. The van der Waals surface area contributed by atoms with Gasteiger partial charge in [0.1, 0.15) is 19.3 Å². The molecule has 0 saturated carbocycles. The van der Waals surface area contributed by atoms with Crippen molar-refractivity contribution in [3.63, 3.8) is 0 Å². The van der Waals surface area contributed by atoms with Crippen LogP contribution in [0.5, 0.6) is 0 Å². The summed E-state index contributed by atoms with van der Waals surface area (Å²) in [5.74, 6) is 0.283. The van der Waals surface area contributed by atoms with E-state index in [-0.39, 0.29) is 25.7 Å². The Bertz CT molecular complexity index is 2040. The first-order chi connectivity index (χ1) is 51.2. The average molecular weight is 1550 g/mol. The normalized spacial score (nSPS) is 13.9. The molecule has 0 aromatic rings. The van der Waals surface area contributed by atoms with Crippen molar-refractivity contribution in [2.24, 2.45) is 17.8 Å². The summed E-state index contributed by atoms with van der Waals surface area (Å²) in [6.07, 6.45) is 68.0. The van der Waals surface area contributed by atoms with Crippen molar-refractivity contribution in [1.82, 2.24) is 0 Å². The summed E-state index contributed by atoms with van der Waals surface area (Å²) in [4.78, 5) is 73.3. The molecule has 630 valence electrons. The number of phosphoric acid groups is 2. The van der Waals surface area contributed by atoms with Gasteiger partial charge in [-0.1, -0.05) is 408 Å². The highest BCUT2D eigenvalue weighted by molar-refractivity contribution is 7.47. The zero-order chi connectivity index (χ0) is 77.9. The number of hydrogen-bond donors (Lipinski definition) is 3. The van der Waals surface area contributed by atoms with Gasteiger partial charge in [-0.2, -0.15) is 0 Å². The minimum Gasteiger partial charge on any atom is -0.462 e. The Hall–Kier alpha value is -1.94. The van der Waals surface area contributed by atoms with Gasteiger partial charge >= 0.3 is 39.5 Å². The standard InChI is InChI=1S/C87H170O17P2/c1-8-9-10-11-12-13-14-25-32-40-47-54-61-68-84(89)97-75-83(104-87(92)71-64-57-50-43-36-35-39-46-53-60-67-80(6)7)77-102-106(95,96)100-73-81(88)72-99-105(93,94)101-76-82(74-98-85(90)69-62-55-48-41-33-28-23-20-19-22-27-31-38-45-52-59-66-79(4)5)103-86(91)70-63-56-49-42-34-29-24-18-16-15-17-21-26-30-37-44-51-58-65-78(2)3/h78-83,88H,8-77H2,1-7H3,(H,93,94)(H,95,96)/t81-,82-,83-/m1/s1. The summed E-state index contributed by atoms with van der Waals surface area (Å²) in [5, 5.41) is 10.7. The number of phosphoric ester groups is 2. The number of carbonyl (C=O) groups is 4. The fourth-order valence-electron chi connectivity index (χ4n) is 13.5. The van der Waals surface area contributed by atoms with E-state index in [0.29, 0.717) is 25.7 Å². The Morgan fingerprint density at radius 1 is 0.255 bits per heavy atom. The van der Waals surface area contributed by atoms with E-state index in [1.54, 1.807) is 0 Å². The third-order valence-electron chi connectivity index (χ3n) is 20.4. The Morgan fingerprint density at radius 3 is 0.642 bits per heavy atom. The number of rotatable bonds is 85. The molecule has 0 rings (SSSR count). The maximum absolute atomic E-state index is 13.2. The van der Waals surface area contributed by atoms with E-state index >= 15 is 0 Å². The maximum Gasteiger partial charge on any atom is 0.472 e. The van der Waals surface area contributed by atoms with E-state index in [2.05, 4.69) is 48.5 Å². The van der Waals surface area contributed by atoms with Crippen molar-refractivity contribution < 1.29 is 80.2 Å². The zero-order valence-corrected chi connectivity index (χ0v) is 71.7. The molecule has 0 heterocycles. The Labute approximate surface area is 651 Å². The predicted molar refractivity (Wildman–Crippen MR) is 437 cm³/mol. The highest BCUT2D eigenvalue weighted by Gasteiger charge is 2.30. The fraction of sp³-hybridized carbons (Fsp3) is 0.954. The molecule has 0 amide bonds. The van der Waals surface area contributed by atoms with Gasteiger partial charge in [0.15, 0.2) is 12.2 Å². The molecule has 0 radical (unpaired) electrons. The summed E-state index contributed by atoms with van der Waals surface area (Å²) in [5.41, 5.74) is 0. The van der Waals surface area contributed by atoms with Gasteiger partial charge in [0.2, 0.25) is 0 Å². The summed E-state index contributed by atoms with van der Waals surface area (Å²) < 4.78 is 68.9. The third-order valence-corrected chi connectivity index (χ3v) is 22.3. The molecule has 0 spiro atoms. The Balaban J connectivity index is 5.24. The number of esters is 4. The SMILES string of the molecule is CCCCCCCCCCCCCCCC(=O)OC[C@H](COP(=O)(O)OC[C@H](O)COP(=O)(O)OC[C@@H](COC(=O)CCCCCCCCCCCCCCCCCCC(C)C)OC(=O)CCCCCCCCCCCCCCCCCCCCC(C)C)OC(=O)CCCCCCCCCCCCC(C)C. The van der Waals surface area contributed by atoms with Crippen LogP contribution in [0, 0.1) is 17.8 Å². The fourth-order valence-corrected chi connectivity index (χ4v) is 15.1. The van der Waals surface area contributed by atoms with Gasteiger partial charge in [-0.05, 0) is 43.4 Å². The smallest absolute Gasteiger partial charge is 0.462 e. The minimum absolute atomic E-state index is 0.107. The van der Waals surface area contributed by atoms with Crippen LogP contribution < -0.4 is 0 Å². The molecule has 0 bridgehead atoms. The van der Waals surface area contributed by atoms with Gasteiger partial charge < -0.3 is 33.8 Å². The maximum atomic E-state index is 13.2. The number of hydrogen-bond acceptors (Lipinski definition) is 15. The van der Waals surface area contributed by atoms with E-state index < -0.39 is 97.5 Å². The highest BCUT2D eigenvalue weighted by Crippen LogP contribution is 2.45. The Morgan fingerprint density at radius 2 is 0.434 bits per heavy atom. The first-order valence-electron chi connectivity index (χ1n) is 44.8. The van der Waals surface area contributed by atoms with Crippen LogP contribution >= 0.6 is 15.6 Å². The van der Waals surface area contributed by atoms with Crippen LogP contribution in [0.3, 0.4) is 0 Å². The van der Waals surface area contributed by atoms with Crippen molar-refractivity contribution in [2.75, 3.05) is 39.6 Å². The summed E-state index contributed by atoms with van der Waals surface area (Å²) in [7, 11) is -9.93. The molecule has 5 atom stereocenters. The van der Waals surface area contributed by atoms with E-state index in [1.165, 1.54) is 270 Å². The molecule has 0 aliphatic heterocycles. The lowest BCUT2D eigenvalue weighted by Gasteiger charge is -2.21. The van der Waals surface area contributed by atoms with Gasteiger partial charge in [0.05, 0.1) is 26.4 Å². The number of ether oxygens (including phenoxy) is 4. The quantitative estimate of drug-likeness (QED) is 0.0222. The molecule has 3 N–H and O–H groups in total. The highest BCUT2D eigenvalue weighted by atomic mass is 31.2. The van der Waals surface area contributed by atoms with Gasteiger partial charge in [0, 0.05) is 25.7 Å². The lowest BCUT2D eigenvalue weighted by atomic mass is 10.0. The first kappa shape index (κ1) is 104. The number of unbranched alkanes of at least 4 members (excludes halogenated alkanes) is 53. The largest absolute Gasteiger partial charge is 0.472 e. The van der Waals surface area contributed by atoms with Crippen LogP contribution in [-0.4, -0.2) is 96.7 Å². The van der Waals surface area contributed by atoms with Crippen LogP contribution in [-0.2, 0) is 65.4 Å². The van der Waals surface area contributed by atoms with E-state index in [0.717, 1.165) is 108 Å². The molecule has 0 aliphatic carbocycles. The zero-order valence-electron chi connectivity index (χ0n) is 69.9. The molecule has 0 saturated heterocycles. The van der Waals surface area contributed by atoms with Crippen LogP contribution in [0.15, 0.2) is 0 Å². The predicted octanol–water partition coefficient (Wildman–Crippen LogP) is 26.5. The molecular formula is C87H170O17P2. The van der Waals surface area contributed by atoms with Crippen molar-refractivity contribution in [1.29, 1.82) is 0 Å². The number of aliphatic hydroxyl groups excluding tert-OH is 1. The molecule has 0 fully saturated rings. The lowest BCUT2D eigenvalue weighted by Crippen LogP contribution is -2.30. The van der Waals surface area contributed by atoms with Crippen molar-refractivity contribution in [3.8, 4) is 0 Å². The van der Waals surface area contributed by atoms with Crippen molar-refractivity contribution in [2.45, 2.75) is 478 Å². The van der Waals surface area contributed by atoms with Crippen molar-refractivity contribution in [3.05, 3.63) is 0 Å². The lowest BCUT2D eigenvalue weighted by molar-refractivity contribution is -0.161. The van der Waals surface area contributed by atoms with Gasteiger partial charge in [0.25, 0.3) is 0 Å². The molecule has 0 aromatic carbocycles. The summed E-state index contributed by atoms with van der Waals surface area (Å²) in [6.45, 7) is 12.0. The van der Waals surface area contributed by atoms with E-state index in [9.17, 15) is 43.2 Å². The molecule has 2 unspecified atom stereocenters. The monoisotopic (exact) mass is 1550 g/mol. The molecule has 0 aromatic heterocycles. The third kappa shape index (κ3) is 80.1. The van der Waals surface area contributed by atoms with Gasteiger partial charge in [-0.25, -0.2) is 9.13 Å². The van der Waals surface area contributed by atoms with Gasteiger partial charge in [-0.15, -0.1) is 0 Å². The van der Waals surface area contributed by atoms with Gasteiger partial charge in [-0.3, -0.25) is 37.3 Å². The molecule has 0 aliphatic rings. The van der Waals surface area contributed by atoms with E-state index in [1.807, 2.05) is 0 Å². The number of carbonyl (C=O) groups excluding carboxylic acids is 4. The molecule has 17 nitrogen and oxygen atoms in total. The first-order valence-corrected chi connectivity index (χ1v) is 47.8. The van der Waals surface area contributed by atoms with Crippen molar-refractivity contribution >= 4 is 39.5 Å². The van der Waals surface area contributed by atoms with E-state index in [4.69, 9.17) is 37.0 Å². The molecular weight excluding hydrogens is 1380 g/mol. The topological polar surface area (TPSA) is 237 Å².